The Labute approximate surface area is 295 Å². The van der Waals surface area contributed by atoms with Gasteiger partial charge in [-0.25, -0.2) is 0 Å². The highest BCUT2D eigenvalue weighted by molar-refractivity contribution is 5.73. The smallest absolute Gasteiger partial charge is 0.307 e. The molecule has 12 heteroatoms. The van der Waals surface area contributed by atoms with Crippen LogP contribution in [-0.4, -0.2) is 105 Å². The van der Waals surface area contributed by atoms with Gasteiger partial charge in [0, 0.05) is 24.2 Å². The Morgan fingerprint density at radius 3 is 2.26 bits per heavy atom. The lowest BCUT2D eigenvalue weighted by molar-refractivity contribution is -0.369. The van der Waals surface area contributed by atoms with Crippen LogP contribution >= 0.6 is 0 Å². The van der Waals surface area contributed by atoms with Crippen LogP contribution in [0.5, 0.6) is 0 Å². The summed E-state index contributed by atoms with van der Waals surface area (Å²) in [5.74, 6) is -1.61. The molecule has 6 N–H and O–H groups in total. The second-order valence-electron chi connectivity index (χ2n) is 18.0. The van der Waals surface area contributed by atoms with E-state index in [4.69, 9.17) is 18.9 Å². The molecule has 3 saturated carbocycles. The molecule has 284 valence electrons. The molecule has 5 fully saturated rings. The molecule has 4 aliphatic carbocycles. The van der Waals surface area contributed by atoms with E-state index in [1.807, 2.05) is 6.92 Å². The summed E-state index contributed by atoms with van der Waals surface area (Å²) in [6.45, 7) is 15.8. The number of carboxylic acid groups (broad SMARTS) is 1. The lowest BCUT2D eigenvalue weighted by Gasteiger charge is -2.71. The number of allylic oxidation sites excluding steroid dienone is 1. The van der Waals surface area contributed by atoms with Crippen LogP contribution in [0.25, 0.3) is 0 Å². The average molecular weight is 709 g/mol. The monoisotopic (exact) mass is 708 g/mol. The fourth-order valence-corrected chi connectivity index (χ4v) is 12.5. The van der Waals surface area contributed by atoms with Gasteiger partial charge in [-0.15, -0.1) is 0 Å². The number of ether oxygens (including phenoxy) is 4. The van der Waals surface area contributed by atoms with Crippen molar-refractivity contribution in [3.8, 4) is 0 Å². The summed E-state index contributed by atoms with van der Waals surface area (Å²) in [5.41, 5.74) is -2.15. The number of hydrogen-bond donors (Lipinski definition) is 6. The van der Waals surface area contributed by atoms with Gasteiger partial charge in [-0.3, -0.25) is 9.59 Å². The maximum Gasteiger partial charge on any atom is 0.307 e. The first-order valence-electron chi connectivity index (χ1n) is 18.6. The molecular weight excluding hydrogens is 648 g/mol. The summed E-state index contributed by atoms with van der Waals surface area (Å²) in [6.07, 6.45) is -4.59. The topological polar surface area (TPSA) is 192 Å². The molecule has 50 heavy (non-hydrogen) atoms. The number of fused-ring (bicyclic) bond motifs is 3. The SMILES string of the molecule is CC(=O)O[C@@H]1C[C@]23C4=CC[C@@]5(C)[C@H](C(=O)O)[C@@](C)(C(C)C(C)C)CC[C@]5(C)C4CCC2[C@@](C)(COC3O)[C@H]1O[C@@H]1O[C@H](CO)[C@@H](O)[C@H](O)[C@H]1O. The lowest BCUT2D eigenvalue weighted by atomic mass is 9.34. The number of carboxylic acids is 1. The highest BCUT2D eigenvalue weighted by Crippen LogP contribution is 2.75. The molecule has 2 heterocycles. The molecule has 2 aliphatic heterocycles. The van der Waals surface area contributed by atoms with Gasteiger partial charge in [0.05, 0.1) is 19.1 Å². The van der Waals surface area contributed by atoms with Crippen LogP contribution in [0, 0.1) is 56.7 Å². The molecule has 0 amide bonds. The summed E-state index contributed by atoms with van der Waals surface area (Å²) in [5, 5.41) is 64.6. The van der Waals surface area contributed by atoms with Crippen molar-refractivity contribution in [3.63, 3.8) is 0 Å². The van der Waals surface area contributed by atoms with Crippen molar-refractivity contribution in [1.29, 1.82) is 0 Å². The molecule has 0 radical (unpaired) electrons. The standard InChI is InChI=1S/C38H60O12/c1-18(2)19(3)34(5)13-14-36(7)21-9-10-25-35(6)17-47-33(46)38(25,22(21)11-12-37(36,8)29(34)31(44)45)15-23(48-20(4)40)30(35)50-32-28(43)27(42)26(41)24(16-39)49-32/h11,18-19,21,23-30,32-33,39,41-43,46H,9-10,12-17H2,1-8H3,(H,44,45)/t19?,21?,23-,24-,25?,26-,27+,28-,29-,30+,32+,33?,34-,35-,36-,37+,38+/m1/s1. The fraction of sp³-hybridized carbons (Fsp3) is 0.895. The van der Waals surface area contributed by atoms with Gasteiger partial charge < -0.3 is 49.6 Å². The van der Waals surface area contributed by atoms with E-state index in [2.05, 4.69) is 47.6 Å². The Morgan fingerprint density at radius 2 is 1.66 bits per heavy atom. The van der Waals surface area contributed by atoms with Crippen LogP contribution in [0.4, 0.5) is 0 Å². The predicted octanol–water partition coefficient (Wildman–Crippen LogP) is 3.01. The number of aliphatic hydroxyl groups is 5. The van der Waals surface area contributed by atoms with Crippen molar-refractivity contribution in [2.75, 3.05) is 13.2 Å². The quantitative estimate of drug-likeness (QED) is 0.129. The van der Waals surface area contributed by atoms with E-state index >= 15 is 0 Å². The molecule has 12 nitrogen and oxygen atoms in total. The Hall–Kier alpha value is -1.64. The number of carbonyl (C=O) groups excluding carboxylic acids is 1. The highest BCUT2D eigenvalue weighted by atomic mass is 16.7. The van der Waals surface area contributed by atoms with Gasteiger partial charge in [0.2, 0.25) is 0 Å². The molecular formula is C38H60O12. The van der Waals surface area contributed by atoms with Crippen LogP contribution in [0.2, 0.25) is 0 Å². The van der Waals surface area contributed by atoms with E-state index in [0.717, 1.165) is 24.8 Å². The van der Waals surface area contributed by atoms with E-state index in [-0.39, 0.29) is 30.8 Å². The van der Waals surface area contributed by atoms with Gasteiger partial charge in [-0.05, 0) is 72.0 Å². The molecule has 17 atom stereocenters. The van der Waals surface area contributed by atoms with Crippen LogP contribution < -0.4 is 0 Å². The molecule has 0 aromatic rings. The molecule has 6 rings (SSSR count). The molecule has 0 spiro atoms. The Morgan fingerprint density at radius 1 is 0.980 bits per heavy atom. The summed E-state index contributed by atoms with van der Waals surface area (Å²) in [6, 6.07) is 0. The number of aliphatic carboxylic acids is 1. The van der Waals surface area contributed by atoms with Crippen LogP contribution in [0.3, 0.4) is 0 Å². The van der Waals surface area contributed by atoms with Crippen molar-refractivity contribution in [3.05, 3.63) is 11.6 Å². The molecule has 0 aromatic heterocycles. The van der Waals surface area contributed by atoms with Crippen molar-refractivity contribution in [2.45, 2.75) is 143 Å². The maximum absolute atomic E-state index is 13.4. The second kappa shape index (κ2) is 12.7. The molecule has 2 bridgehead atoms. The first-order chi connectivity index (χ1) is 23.2. The number of carbonyl (C=O) groups is 2. The van der Waals surface area contributed by atoms with Crippen molar-refractivity contribution in [2.24, 2.45) is 56.7 Å². The van der Waals surface area contributed by atoms with Crippen molar-refractivity contribution < 1.29 is 59.2 Å². The summed E-state index contributed by atoms with van der Waals surface area (Å²) in [4.78, 5) is 26.1. The molecule has 2 saturated heterocycles. The fourth-order valence-electron chi connectivity index (χ4n) is 12.5. The average Bonchev–Trinajstić information content (AvgIpc) is 3.04. The van der Waals surface area contributed by atoms with Crippen LogP contribution in [-0.2, 0) is 28.5 Å². The van der Waals surface area contributed by atoms with E-state index in [0.29, 0.717) is 18.8 Å². The maximum atomic E-state index is 13.4. The predicted molar refractivity (Wildman–Crippen MR) is 179 cm³/mol. The number of hydrogen-bond acceptors (Lipinski definition) is 11. The number of rotatable bonds is 7. The minimum absolute atomic E-state index is 0.0419. The van der Waals surface area contributed by atoms with Gasteiger partial charge in [0.25, 0.3) is 0 Å². The van der Waals surface area contributed by atoms with Crippen LogP contribution in [0.15, 0.2) is 11.6 Å². The molecule has 0 aromatic carbocycles. The van der Waals surface area contributed by atoms with Gasteiger partial charge in [0.1, 0.15) is 36.6 Å². The Kier molecular flexibility index (Phi) is 9.71. The Bertz CT molecular complexity index is 1370. The first-order valence-corrected chi connectivity index (χ1v) is 18.6. The lowest BCUT2D eigenvalue weighted by Crippen LogP contribution is -2.73. The van der Waals surface area contributed by atoms with Gasteiger partial charge >= 0.3 is 11.9 Å². The van der Waals surface area contributed by atoms with E-state index in [1.54, 1.807) is 0 Å². The largest absolute Gasteiger partial charge is 0.481 e. The third kappa shape index (κ3) is 5.13. The second-order valence-corrected chi connectivity index (χ2v) is 18.0. The zero-order chi connectivity index (χ0) is 36.9. The summed E-state index contributed by atoms with van der Waals surface area (Å²) >= 11 is 0. The van der Waals surface area contributed by atoms with Crippen molar-refractivity contribution >= 4 is 11.9 Å². The summed E-state index contributed by atoms with van der Waals surface area (Å²) in [7, 11) is 0. The third-order valence-corrected chi connectivity index (χ3v) is 15.6. The van der Waals surface area contributed by atoms with Crippen LogP contribution in [0.1, 0.15) is 93.9 Å². The summed E-state index contributed by atoms with van der Waals surface area (Å²) < 4.78 is 24.5. The van der Waals surface area contributed by atoms with Gasteiger partial charge in [-0.2, -0.15) is 0 Å². The number of esters is 1. The zero-order valence-electron chi connectivity index (χ0n) is 30.9. The molecule has 4 unspecified atom stereocenters. The first kappa shape index (κ1) is 38.1. The normalized spacial score (nSPS) is 52.2. The zero-order valence-corrected chi connectivity index (χ0v) is 30.9. The highest BCUT2D eigenvalue weighted by Gasteiger charge is 2.74. The van der Waals surface area contributed by atoms with Gasteiger partial charge in [-0.1, -0.05) is 60.1 Å². The van der Waals surface area contributed by atoms with Crippen molar-refractivity contribution in [1.82, 2.24) is 0 Å². The third-order valence-electron chi connectivity index (χ3n) is 15.6. The number of aliphatic hydroxyl groups excluding tert-OH is 5. The Balaban J connectivity index is 1.42. The minimum Gasteiger partial charge on any atom is -0.481 e. The van der Waals surface area contributed by atoms with E-state index < -0.39 is 101 Å². The molecule has 6 aliphatic rings. The van der Waals surface area contributed by atoms with E-state index in [1.165, 1.54) is 6.92 Å². The van der Waals surface area contributed by atoms with Gasteiger partial charge in [0.15, 0.2) is 12.6 Å². The van der Waals surface area contributed by atoms with E-state index in [9.17, 15) is 40.2 Å². The minimum atomic E-state index is -1.65.